The van der Waals surface area contributed by atoms with Gasteiger partial charge in [-0.05, 0) is 25.0 Å². The molecule has 2 rings (SSSR count). The lowest BCUT2D eigenvalue weighted by molar-refractivity contribution is -0.122. The van der Waals surface area contributed by atoms with Crippen molar-refractivity contribution in [2.75, 3.05) is 18.0 Å². The minimum atomic E-state index is -1.05. The van der Waals surface area contributed by atoms with Crippen molar-refractivity contribution in [1.29, 1.82) is 0 Å². The largest absolute Gasteiger partial charge is 0.477 e. The maximum absolute atomic E-state index is 11.2. The van der Waals surface area contributed by atoms with Crippen LogP contribution in [-0.4, -0.2) is 35.1 Å². The number of nitrogens with zero attached hydrogens (tertiary/aromatic N) is 2. The van der Waals surface area contributed by atoms with Gasteiger partial charge in [-0.1, -0.05) is 0 Å². The average Bonchev–Trinajstić information content (AvgIpc) is 2.39. The molecule has 1 saturated heterocycles. The van der Waals surface area contributed by atoms with E-state index in [0.717, 1.165) is 25.1 Å². The van der Waals surface area contributed by atoms with E-state index >= 15 is 0 Å². The summed E-state index contributed by atoms with van der Waals surface area (Å²) in [5, 5.41) is 8.76. The summed E-state index contributed by atoms with van der Waals surface area (Å²) in [4.78, 5) is 27.7. The van der Waals surface area contributed by atoms with Crippen LogP contribution in [0.5, 0.6) is 0 Å². The second-order valence-corrected chi connectivity index (χ2v) is 4.39. The first-order chi connectivity index (χ1) is 8.58. The highest BCUT2D eigenvalue weighted by atomic mass is 16.4. The van der Waals surface area contributed by atoms with Gasteiger partial charge in [0.2, 0.25) is 5.91 Å². The molecular formula is C12H15N3O3. The van der Waals surface area contributed by atoms with Crippen molar-refractivity contribution in [2.45, 2.75) is 12.8 Å². The van der Waals surface area contributed by atoms with Crippen LogP contribution in [0.4, 0.5) is 5.69 Å². The lowest BCUT2D eigenvalue weighted by Gasteiger charge is -2.32. The van der Waals surface area contributed by atoms with Crippen molar-refractivity contribution in [3.05, 3.63) is 24.0 Å². The first kappa shape index (κ1) is 12.3. The van der Waals surface area contributed by atoms with Gasteiger partial charge in [0.25, 0.3) is 0 Å². The lowest BCUT2D eigenvalue weighted by Crippen LogP contribution is -2.41. The highest BCUT2D eigenvalue weighted by molar-refractivity contribution is 5.85. The Labute approximate surface area is 104 Å². The van der Waals surface area contributed by atoms with Crippen LogP contribution < -0.4 is 10.6 Å². The molecule has 0 spiro atoms. The van der Waals surface area contributed by atoms with Gasteiger partial charge in [0.1, 0.15) is 5.69 Å². The zero-order chi connectivity index (χ0) is 13.1. The number of carbonyl (C=O) groups is 2. The standard InChI is InChI=1S/C12H15N3O3/c13-11(16)8-2-1-5-15(7-8)9-3-4-10(12(17)18)14-6-9/h3-4,6,8H,1-2,5,7H2,(H2,13,16)(H,17,18). The summed E-state index contributed by atoms with van der Waals surface area (Å²) in [7, 11) is 0. The number of piperidine rings is 1. The molecule has 0 aliphatic carbocycles. The molecule has 1 aliphatic heterocycles. The zero-order valence-corrected chi connectivity index (χ0v) is 9.87. The van der Waals surface area contributed by atoms with E-state index in [1.807, 2.05) is 4.90 Å². The van der Waals surface area contributed by atoms with Gasteiger partial charge in [-0.3, -0.25) is 4.79 Å². The second kappa shape index (κ2) is 5.03. The number of hydrogen-bond donors (Lipinski definition) is 2. The molecule has 18 heavy (non-hydrogen) atoms. The third-order valence-electron chi connectivity index (χ3n) is 3.16. The minimum Gasteiger partial charge on any atom is -0.477 e. The fourth-order valence-corrected chi connectivity index (χ4v) is 2.14. The van der Waals surface area contributed by atoms with Crippen LogP contribution in [-0.2, 0) is 4.79 Å². The van der Waals surface area contributed by atoms with Gasteiger partial charge in [0.05, 0.1) is 17.8 Å². The van der Waals surface area contributed by atoms with Crippen LogP contribution in [0.25, 0.3) is 0 Å². The minimum absolute atomic E-state index is 0.0159. The maximum Gasteiger partial charge on any atom is 0.354 e. The Bertz CT molecular complexity index is 458. The molecule has 1 aliphatic rings. The molecule has 1 aromatic heterocycles. The number of anilines is 1. The quantitative estimate of drug-likeness (QED) is 0.812. The number of aromatic nitrogens is 1. The number of primary amides is 1. The van der Waals surface area contributed by atoms with Gasteiger partial charge in [-0.25, -0.2) is 9.78 Å². The molecular weight excluding hydrogens is 234 g/mol. The van der Waals surface area contributed by atoms with E-state index in [0.29, 0.717) is 6.54 Å². The Hall–Kier alpha value is -2.11. The van der Waals surface area contributed by atoms with Gasteiger partial charge in [0.15, 0.2) is 0 Å². The van der Waals surface area contributed by atoms with Crippen LogP contribution >= 0.6 is 0 Å². The molecule has 1 amide bonds. The maximum atomic E-state index is 11.2. The lowest BCUT2D eigenvalue weighted by atomic mass is 9.97. The van der Waals surface area contributed by atoms with Crippen molar-refractivity contribution < 1.29 is 14.7 Å². The number of aromatic carboxylic acids is 1. The summed E-state index contributed by atoms with van der Waals surface area (Å²) in [5.41, 5.74) is 6.15. The first-order valence-corrected chi connectivity index (χ1v) is 5.81. The van der Waals surface area contributed by atoms with Crippen LogP contribution in [0.1, 0.15) is 23.3 Å². The predicted octanol–water partition coefficient (Wildman–Crippen LogP) is 0.481. The summed E-state index contributed by atoms with van der Waals surface area (Å²) < 4.78 is 0. The van der Waals surface area contributed by atoms with E-state index in [2.05, 4.69) is 4.98 Å². The Kier molecular flexibility index (Phi) is 3.45. The highest BCUT2D eigenvalue weighted by Gasteiger charge is 2.24. The number of carboxylic acid groups (broad SMARTS) is 1. The van der Waals surface area contributed by atoms with E-state index in [1.165, 1.54) is 12.3 Å². The van der Waals surface area contributed by atoms with Crippen molar-refractivity contribution in [3.63, 3.8) is 0 Å². The summed E-state index contributed by atoms with van der Waals surface area (Å²) in [6, 6.07) is 3.17. The van der Waals surface area contributed by atoms with Crippen molar-refractivity contribution in [1.82, 2.24) is 4.98 Å². The Morgan fingerprint density at radius 1 is 1.44 bits per heavy atom. The molecule has 6 nitrogen and oxygen atoms in total. The molecule has 96 valence electrons. The van der Waals surface area contributed by atoms with Crippen molar-refractivity contribution in [2.24, 2.45) is 11.7 Å². The second-order valence-electron chi connectivity index (χ2n) is 4.39. The molecule has 0 saturated carbocycles. The Morgan fingerprint density at radius 2 is 2.22 bits per heavy atom. The fourth-order valence-electron chi connectivity index (χ4n) is 2.14. The van der Waals surface area contributed by atoms with Crippen LogP contribution in [0, 0.1) is 5.92 Å². The molecule has 1 fully saturated rings. The first-order valence-electron chi connectivity index (χ1n) is 5.81. The Morgan fingerprint density at radius 3 is 2.78 bits per heavy atom. The molecule has 0 bridgehead atoms. The van der Waals surface area contributed by atoms with Crippen molar-refractivity contribution in [3.8, 4) is 0 Å². The number of carboxylic acids is 1. The van der Waals surface area contributed by atoms with E-state index in [9.17, 15) is 9.59 Å². The number of pyridine rings is 1. The van der Waals surface area contributed by atoms with Gasteiger partial charge in [0, 0.05) is 13.1 Å². The molecule has 3 N–H and O–H groups in total. The highest BCUT2D eigenvalue weighted by Crippen LogP contribution is 2.22. The molecule has 1 atom stereocenters. The van der Waals surface area contributed by atoms with Crippen molar-refractivity contribution >= 4 is 17.6 Å². The summed E-state index contributed by atoms with van der Waals surface area (Å²) in [5.74, 6) is -1.47. The number of rotatable bonds is 3. The van der Waals surface area contributed by atoms with Crippen LogP contribution in [0.2, 0.25) is 0 Å². The van der Waals surface area contributed by atoms with E-state index in [-0.39, 0.29) is 17.5 Å². The van der Waals surface area contributed by atoms with E-state index in [4.69, 9.17) is 10.8 Å². The van der Waals surface area contributed by atoms with E-state index in [1.54, 1.807) is 6.07 Å². The summed E-state index contributed by atoms with van der Waals surface area (Å²) in [6.45, 7) is 1.40. The fraction of sp³-hybridized carbons (Fsp3) is 0.417. The third-order valence-corrected chi connectivity index (χ3v) is 3.16. The molecule has 2 heterocycles. The summed E-state index contributed by atoms with van der Waals surface area (Å²) in [6.07, 6.45) is 3.23. The van der Waals surface area contributed by atoms with Gasteiger partial charge in [-0.2, -0.15) is 0 Å². The molecule has 6 heteroatoms. The van der Waals surface area contributed by atoms with Gasteiger partial charge in [-0.15, -0.1) is 0 Å². The number of nitrogens with two attached hydrogens (primary N) is 1. The normalized spacial score (nSPS) is 19.6. The topological polar surface area (TPSA) is 96.5 Å². The predicted molar refractivity (Wildman–Crippen MR) is 65.3 cm³/mol. The third kappa shape index (κ3) is 2.58. The molecule has 1 aromatic rings. The van der Waals surface area contributed by atoms with E-state index < -0.39 is 5.97 Å². The number of carbonyl (C=O) groups excluding carboxylic acids is 1. The molecule has 0 aromatic carbocycles. The monoisotopic (exact) mass is 249 g/mol. The number of amides is 1. The molecule has 0 radical (unpaired) electrons. The average molecular weight is 249 g/mol. The smallest absolute Gasteiger partial charge is 0.354 e. The van der Waals surface area contributed by atoms with Gasteiger partial charge >= 0.3 is 5.97 Å². The summed E-state index contributed by atoms with van der Waals surface area (Å²) >= 11 is 0. The van der Waals surface area contributed by atoms with Crippen LogP contribution in [0.3, 0.4) is 0 Å². The number of hydrogen-bond acceptors (Lipinski definition) is 4. The Balaban J connectivity index is 2.11. The van der Waals surface area contributed by atoms with Gasteiger partial charge < -0.3 is 15.7 Å². The molecule has 1 unspecified atom stereocenters. The SMILES string of the molecule is NC(=O)C1CCCN(c2ccc(C(=O)O)nc2)C1. The zero-order valence-electron chi connectivity index (χ0n) is 9.87. The van der Waals surface area contributed by atoms with Crippen LogP contribution in [0.15, 0.2) is 18.3 Å².